The first-order chi connectivity index (χ1) is 7.54. The van der Waals surface area contributed by atoms with Gasteiger partial charge in [0.05, 0.1) is 7.11 Å². The number of hydrogen-bond donors (Lipinski definition) is 0. The molecule has 2 rings (SSSR count). The summed E-state index contributed by atoms with van der Waals surface area (Å²) in [4.78, 5) is 23.8. The average Bonchev–Trinajstić information content (AvgIpc) is 2.26. The molecule has 2 atom stereocenters. The fourth-order valence-electron chi connectivity index (χ4n) is 2.34. The molecule has 0 bridgehead atoms. The SMILES string of the molecule is COC1=CC(=O)C2=C(C[C@H](C)[C@@H](C)C2)C1=O. The van der Waals surface area contributed by atoms with Gasteiger partial charge in [0.25, 0.3) is 0 Å². The Morgan fingerprint density at radius 3 is 2.25 bits per heavy atom. The maximum absolute atomic E-state index is 12.0. The Labute approximate surface area is 95.2 Å². The quantitative estimate of drug-likeness (QED) is 0.635. The monoisotopic (exact) mass is 220 g/mol. The molecule has 16 heavy (non-hydrogen) atoms. The Hall–Kier alpha value is -1.38. The third-order valence-corrected chi connectivity index (χ3v) is 3.67. The molecule has 86 valence electrons. The van der Waals surface area contributed by atoms with E-state index in [1.165, 1.54) is 13.2 Å². The molecule has 0 aromatic rings. The summed E-state index contributed by atoms with van der Waals surface area (Å²) in [7, 11) is 1.43. The molecule has 0 unspecified atom stereocenters. The fourth-order valence-corrected chi connectivity index (χ4v) is 2.34. The molecule has 3 nitrogen and oxygen atoms in total. The molecule has 0 heterocycles. The molecule has 2 aliphatic rings. The zero-order valence-electron chi connectivity index (χ0n) is 9.87. The first-order valence-corrected chi connectivity index (χ1v) is 5.61. The molecule has 0 aromatic heterocycles. The first-order valence-electron chi connectivity index (χ1n) is 5.61. The molecule has 0 N–H and O–H groups in total. The highest BCUT2D eigenvalue weighted by molar-refractivity contribution is 6.22. The zero-order chi connectivity index (χ0) is 11.9. The number of ketones is 2. The molecule has 0 aliphatic heterocycles. The second-order valence-corrected chi connectivity index (χ2v) is 4.73. The van der Waals surface area contributed by atoms with Gasteiger partial charge in [0.2, 0.25) is 5.78 Å². The summed E-state index contributed by atoms with van der Waals surface area (Å²) in [6.07, 6.45) is 2.74. The van der Waals surface area contributed by atoms with E-state index < -0.39 is 0 Å². The van der Waals surface area contributed by atoms with Crippen molar-refractivity contribution in [3.63, 3.8) is 0 Å². The van der Waals surface area contributed by atoms with Crippen molar-refractivity contribution in [2.45, 2.75) is 26.7 Å². The lowest BCUT2D eigenvalue weighted by molar-refractivity contribution is -0.118. The van der Waals surface area contributed by atoms with Crippen LogP contribution in [0.1, 0.15) is 26.7 Å². The van der Waals surface area contributed by atoms with Crippen LogP contribution in [-0.2, 0) is 14.3 Å². The van der Waals surface area contributed by atoms with Gasteiger partial charge in [0.15, 0.2) is 11.5 Å². The molecule has 0 radical (unpaired) electrons. The first kappa shape index (κ1) is 11.1. The van der Waals surface area contributed by atoms with Crippen LogP contribution < -0.4 is 0 Å². The van der Waals surface area contributed by atoms with Crippen molar-refractivity contribution in [1.82, 2.24) is 0 Å². The van der Waals surface area contributed by atoms with Crippen molar-refractivity contribution in [3.8, 4) is 0 Å². The number of Topliss-reactive ketones (excluding diaryl/α,β-unsaturated/α-hetero) is 1. The summed E-state index contributed by atoms with van der Waals surface area (Å²) in [5.41, 5.74) is 1.38. The highest BCUT2D eigenvalue weighted by atomic mass is 16.5. The number of hydrogen-bond acceptors (Lipinski definition) is 3. The van der Waals surface area contributed by atoms with Gasteiger partial charge in [-0.2, -0.15) is 0 Å². The van der Waals surface area contributed by atoms with Gasteiger partial charge < -0.3 is 4.74 Å². The van der Waals surface area contributed by atoms with Gasteiger partial charge in [-0.25, -0.2) is 0 Å². The maximum Gasteiger partial charge on any atom is 0.224 e. The van der Waals surface area contributed by atoms with Gasteiger partial charge in [0, 0.05) is 17.2 Å². The van der Waals surface area contributed by atoms with Gasteiger partial charge in [-0.15, -0.1) is 0 Å². The molecule has 3 heteroatoms. The van der Waals surface area contributed by atoms with Crippen LogP contribution in [0, 0.1) is 11.8 Å². The number of carbonyl (C=O) groups is 2. The van der Waals surface area contributed by atoms with E-state index in [2.05, 4.69) is 13.8 Å². The number of allylic oxidation sites excluding steroid dienone is 3. The van der Waals surface area contributed by atoms with Crippen LogP contribution >= 0.6 is 0 Å². The fraction of sp³-hybridized carbons (Fsp3) is 0.538. The van der Waals surface area contributed by atoms with Crippen LogP contribution in [0.5, 0.6) is 0 Å². The van der Waals surface area contributed by atoms with Crippen molar-refractivity contribution in [2.75, 3.05) is 7.11 Å². The summed E-state index contributed by atoms with van der Waals surface area (Å²) in [5, 5.41) is 0. The van der Waals surface area contributed by atoms with E-state index in [0.29, 0.717) is 35.8 Å². The van der Waals surface area contributed by atoms with Crippen LogP contribution in [0.15, 0.2) is 23.0 Å². The molecular weight excluding hydrogens is 204 g/mol. The van der Waals surface area contributed by atoms with Crippen LogP contribution in [0.4, 0.5) is 0 Å². The third-order valence-electron chi connectivity index (χ3n) is 3.67. The highest BCUT2D eigenvalue weighted by Gasteiger charge is 2.35. The van der Waals surface area contributed by atoms with Crippen LogP contribution in [0.2, 0.25) is 0 Å². The van der Waals surface area contributed by atoms with Gasteiger partial charge in [-0.3, -0.25) is 9.59 Å². The van der Waals surface area contributed by atoms with E-state index >= 15 is 0 Å². The van der Waals surface area contributed by atoms with Crippen LogP contribution in [0.3, 0.4) is 0 Å². The van der Waals surface area contributed by atoms with Crippen molar-refractivity contribution < 1.29 is 14.3 Å². The van der Waals surface area contributed by atoms with Gasteiger partial charge >= 0.3 is 0 Å². The zero-order valence-corrected chi connectivity index (χ0v) is 9.87. The summed E-state index contributed by atoms with van der Waals surface area (Å²) in [6.45, 7) is 4.25. The molecule has 0 saturated carbocycles. The summed E-state index contributed by atoms with van der Waals surface area (Å²) < 4.78 is 4.94. The second kappa shape index (κ2) is 3.89. The topological polar surface area (TPSA) is 43.4 Å². The molecular formula is C13H16O3. The maximum atomic E-state index is 12.0. The average molecular weight is 220 g/mol. The van der Waals surface area contributed by atoms with E-state index in [4.69, 9.17) is 4.74 Å². The lowest BCUT2D eigenvalue weighted by Gasteiger charge is -2.30. The highest BCUT2D eigenvalue weighted by Crippen LogP contribution is 2.37. The number of methoxy groups -OCH3 is 1. The van der Waals surface area contributed by atoms with E-state index in [-0.39, 0.29) is 17.3 Å². The Bertz CT molecular complexity index is 415. The largest absolute Gasteiger partial charge is 0.493 e. The predicted octanol–water partition coefficient (Wildman–Crippen LogP) is 2.03. The molecule has 0 saturated heterocycles. The molecule has 2 aliphatic carbocycles. The standard InChI is InChI=1S/C13H16O3/c1-7-4-9-10(5-8(7)2)13(15)12(16-3)6-11(9)14/h6-8H,4-5H2,1-3H3/t7-,8-/m0/s1. The Balaban J connectivity index is 2.40. The van der Waals surface area contributed by atoms with E-state index in [1.54, 1.807) is 0 Å². The minimum atomic E-state index is -0.101. The molecule has 0 aromatic carbocycles. The number of ether oxygens (including phenoxy) is 1. The summed E-state index contributed by atoms with van der Waals surface area (Å²) >= 11 is 0. The Kier molecular flexibility index (Phi) is 2.70. The van der Waals surface area contributed by atoms with E-state index in [9.17, 15) is 9.59 Å². The molecule has 0 fully saturated rings. The van der Waals surface area contributed by atoms with E-state index in [0.717, 1.165) is 0 Å². The van der Waals surface area contributed by atoms with Gasteiger partial charge in [-0.1, -0.05) is 13.8 Å². The number of carbonyl (C=O) groups excluding carboxylic acids is 2. The lowest BCUT2D eigenvalue weighted by Crippen LogP contribution is -2.28. The molecule has 0 amide bonds. The molecule has 0 spiro atoms. The van der Waals surface area contributed by atoms with E-state index in [1.807, 2.05) is 0 Å². The van der Waals surface area contributed by atoms with Crippen LogP contribution in [0.25, 0.3) is 0 Å². The predicted molar refractivity (Wildman–Crippen MR) is 59.7 cm³/mol. The van der Waals surface area contributed by atoms with Gasteiger partial charge in [-0.05, 0) is 24.7 Å². The normalized spacial score (nSPS) is 30.1. The van der Waals surface area contributed by atoms with Crippen molar-refractivity contribution in [1.29, 1.82) is 0 Å². The van der Waals surface area contributed by atoms with Crippen LogP contribution in [-0.4, -0.2) is 18.7 Å². The minimum Gasteiger partial charge on any atom is -0.493 e. The van der Waals surface area contributed by atoms with Crippen molar-refractivity contribution >= 4 is 11.6 Å². The number of rotatable bonds is 1. The lowest BCUT2D eigenvalue weighted by atomic mass is 9.73. The smallest absolute Gasteiger partial charge is 0.224 e. The van der Waals surface area contributed by atoms with Crippen molar-refractivity contribution in [3.05, 3.63) is 23.0 Å². The van der Waals surface area contributed by atoms with Gasteiger partial charge in [0.1, 0.15) is 0 Å². The minimum absolute atomic E-state index is 0.0507. The third kappa shape index (κ3) is 1.60. The summed E-state index contributed by atoms with van der Waals surface area (Å²) in [5.74, 6) is 0.950. The summed E-state index contributed by atoms with van der Waals surface area (Å²) in [6, 6.07) is 0. The Morgan fingerprint density at radius 1 is 1.12 bits per heavy atom. The second-order valence-electron chi connectivity index (χ2n) is 4.73. The Morgan fingerprint density at radius 2 is 1.69 bits per heavy atom. The van der Waals surface area contributed by atoms with Crippen molar-refractivity contribution in [2.24, 2.45) is 11.8 Å².